The van der Waals surface area contributed by atoms with Crippen molar-refractivity contribution in [3.05, 3.63) is 44.1 Å². The van der Waals surface area contributed by atoms with E-state index in [0.29, 0.717) is 31.6 Å². The summed E-state index contributed by atoms with van der Waals surface area (Å²) in [5.74, 6) is 0.272. The lowest BCUT2D eigenvalue weighted by Gasteiger charge is -2.18. The number of rotatable bonds is 8. The zero-order valence-corrected chi connectivity index (χ0v) is 16.0. The van der Waals surface area contributed by atoms with Gasteiger partial charge < -0.3 is 20.4 Å². The first-order valence-electron chi connectivity index (χ1n) is 9.24. The van der Waals surface area contributed by atoms with Gasteiger partial charge in [0.1, 0.15) is 6.29 Å². The third-order valence-electron chi connectivity index (χ3n) is 4.80. The van der Waals surface area contributed by atoms with Gasteiger partial charge in [0.2, 0.25) is 0 Å². The minimum absolute atomic E-state index is 0.146. The van der Waals surface area contributed by atoms with Crippen molar-refractivity contribution in [1.29, 1.82) is 0 Å². The maximum Gasteiger partial charge on any atom is 0.349 e. The molecule has 0 radical (unpaired) electrons. The van der Waals surface area contributed by atoms with E-state index in [2.05, 4.69) is 20.3 Å². The maximum atomic E-state index is 12.2. The van der Waals surface area contributed by atoms with Gasteiger partial charge in [-0.3, -0.25) is 9.78 Å². The van der Waals surface area contributed by atoms with Crippen molar-refractivity contribution in [3.63, 3.8) is 0 Å². The molecule has 0 saturated carbocycles. The van der Waals surface area contributed by atoms with Crippen LogP contribution in [0.5, 0.6) is 0 Å². The van der Waals surface area contributed by atoms with Gasteiger partial charge in [0, 0.05) is 13.1 Å². The predicted octanol–water partition coefficient (Wildman–Crippen LogP) is 0.0974. The molecule has 0 bridgehead atoms. The Balaban J connectivity index is 1.92. The zero-order valence-electron chi connectivity index (χ0n) is 16.0. The van der Waals surface area contributed by atoms with Crippen LogP contribution in [0.2, 0.25) is 0 Å². The minimum atomic E-state index is -0.688. The highest BCUT2D eigenvalue weighted by Gasteiger charge is 2.18. The number of aldehydes is 1. The average Bonchev–Trinajstić information content (AvgIpc) is 2.65. The van der Waals surface area contributed by atoms with E-state index in [1.807, 2.05) is 30.5 Å². The Labute approximate surface area is 161 Å². The third kappa shape index (κ3) is 4.15. The highest BCUT2D eigenvalue weighted by molar-refractivity contribution is 5.81. The summed E-state index contributed by atoms with van der Waals surface area (Å²) in [6.45, 7) is 5.81. The number of nitrogens with one attached hydrogen (secondary N) is 2. The van der Waals surface area contributed by atoms with E-state index in [1.165, 1.54) is 0 Å². The topological polar surface area (TPSA) is 136 Å². The molecule has 3 rings (SSSR count). The molecule has 0 spiro atoms. The summed E-state index contributed by atoms with van der Waals surface area (Å²) in [4.78, 5) is 45.1. The van der Waals surface area contributed by atoms with Gasteiger partial charge in [-0.1, -0.05) is 0 Å². The van der Waals surface area contributed by atoms with Gasteiger partial charge in [-0.05, 0) is 56.5 Å². The SMILES string of the molecule is Cc1cc2nc3c(=O)[nH]c(=O)nc-3n(CCNCCCC(N)C=O)c2cc1C. The number of H-pyrrole nitrogens is 1. The van der Waals surface area contributed by atoms with Crippen molar-refractivity contribution in [3.8, 4) is 11.5 Å². The summed E-state index contributed by atoms with van der Waals surface area (Å²) in [5.41, 5.74) is 8.15. The predicted molar refractivity (Wildman–Crippen MR) is 107 cm³/mol. The number of benzene rings is 1. The van der Waals surface area contributed by atoms with Crippen molar-refractivity contribution in [2.75, 3.05) is 13.1 Å². The fourth-order valence-corrected chi connectivity index (χ4v) is 3.12. The van der Waals surface area contributed by atoms with E-state index in [0.717, 1.165) is 29.4 Å². The molecule has 1 unspecified atom stereocenters. The van der Waals surface area contributed by atoms with Gasteiger partial charge in [-0.2, -0.15) is 4.98 Å². The zero-order chi connectivity index (χ0) is 20.3. The molecular weight excluding hydrogens is 360 g/mol. The van der Waals surface area contributed by atoms with Crippen molar-refractivity contribution < 1.29 is 4.79 Å². The standard InChI is InChI=1S/C19H24N6O3/c1-11-8-14-15(9-12(11)2)25(7-6-21-5-3-4-13(20)10-26)17-16(22-14)18(27)24-19(28)23-17/h8-10,13,21H,3-7,20H2,1-2H3,(H,24,27,28). The summed E-state index contributed by atoms with van der Waals surface area (Å²) in [7, 11) is 0. The molecule has 0 saturated heterocycles. The number of aromatic amines is 1. The second-order valence-corrected chi connectivity index (χ2v) is 6.92. The number of hydrogen-bond acceptors (Lipinski definition) is 7. The van der Waals surface area contributed by atoms with Crippen molar-refractivity contribution >= 4 is 17.3 Å². The summed E-state index contributed by atoms with van der Waals surface area (Å²) < 4.78 is 1.85. The van der Waals surface area contributed by atoms with Crippen LogP contribution < -0.4 is 22.3 Å². The molecule has 2 heterocycles. The molecule has 0 amide bonds. The van der Waals surface area contributed by atoms with E-state index in [4.69, 9.17) is 5.73 Å². The van der Waals surface area contributed by atoms with E-state index in [9.17, 15) is 14.4 Å². The summed E-state index contributed by atoms with van der Waals surface area (Å²) >= 11 is 0. The van der Waals surface area contributed by atoms with Crippen LogP contribution in [0.15, 0.2) is 21.7 Å². The molecule has 0 aliphatic carbocycles. The average molecular weight is 384 g/mol. The highest BCUT2D eigenvalue weighted by Crippen LogP contribution is 2.23. The number of carbonyl (C=O) groups is 1. The first kappa shape index (κ1) is 19.8. The van der Waals surface area contributed by atoms with Crippen LogP contribution >= 0.6 is 0 Å². The number of nitrogens with zero attached hydrogens (tertiary/aromatic N) is 3. The minimum Gasteiger partial charge on any atom is -0.322 e. The summed E-state index contributed by atoms with van der Waals surface area (Å²) in [6.07, 6.45) is 2.15. The Morgan fingerprint density at radius 3 is 2.71 bits per heavy atom. The van der Waals surface area contributed by atoms with Crippen molar-refractivity contribution in [2.45, 2.75) is 39.3 Å². The lowest BCUT2D eigenvalue weighted by Crippen LogP contribution is -2.30. The first-order valence-corrected chi connectivity index (χ1v) is 9.24. The van der Waals surface area contributed by atoms with Gasteiger partial charge in [-0.15, -0.1) is 0 Å². The van der Waals surface area contributed by atoms with E-state index < -0.39 is 17.3 Å². The number of carbonyl (C=O) groups excluding carboxylic acids is 1. The van der Waals surface area contributed by atoms with Crippen LogP contribution in [0.25, 0.3) is 22.6 Å². The lowest BCUT2D eigenvalue weighted by atomic mass is 10.1. The van der Waals surface area contributed by atoms with Crippen LogP contribution in [0.4, 0.5) is 0 Å². The van der Waals surface area contributed by atoms with Crippen LogP contribution in [0, 0.1) is 13.8 Å². The molecule has 1 atom stereocenters. The van der Waals surface area contributed by atoms with E-state index in [1.54, 1.807) is 0 Å². The third-order valence-corrected chi connectivity index (χ3v) is 4.80. The molecule has 2 aliphatic rings. The van der Waals surface area contributed by atoms with Gasteiger partial charge in [0.15, 0.2) is 11.5 Å². The summed E-state index contributed by atoms with van der Waals surface area (Å²) in [5, 5.41) is 3.29. The molecule has 1 aromatic carbocycles. The number of fused-ring (bicyclic) bond motifs is 2. The van der Waals surface area contributed by atoms with Gasteiger partial charge in [0.05, 0.1) is 17.1 Å². The van der Waals surface area contributed by atoms with Crippen LogP contribution in [-0.2, 0) is 11.3 Å². The van der Waals surface area contributed by atoms with Crippen LogP contribution in [0.1, 0.15) is 24.0 Å². The number of hydrogen-bond donors (Lipinski definition) is 3. The van der Waals surface area contributed by atoms with Crippen molar-refractivity contribution in [1.82, 2.24) is 24.8 Å². The van der Waals surface area contributed by atoms with Gasteiger partial charge in [0.25, 0.3) is 5.56 Å². The molecule has 2 aliphatic heterocycles. The maximum absolute atomic E-state index is 12.2. The Bertz CT molecular complexity index is 1090. The second kappa shape index (κ2) is 8.41. The number of aromatic nitrogens is 4. The quantitative estimate of drug-likeness (QED) is 0.285. The monoisotopic (exact) mass is 384 g/mol. The number of aryl methyl sites for hydroxylation is 2. The molecule has 9 heteroatoms. The molecular formula is C19H24N6O3. The Kier molecular flexibility index (Phi) is 5.96. The highest BCUT2D eigenvalue weighted by atomic mass is 16.2. The normalized spacial score (nSPS) is 12.5. The number of nitrogens with two attached hydrogens (primary N) is 1. The largest absolute Gasteiger partial charge is 0.349 e. The molecule has 9 nitrogen and oxygen atoms in total. The molecule has 148 valence electrons. The molecule has 0 fully saturated rings. The fourth-order valence-electron chi connectivity index (χ4n) is 3.12. The smallest absolute Gasteiger partial charge is 0.322 e. The molecule has 0 aromatic heterocycles. The molecule has 4 N–H and O–H groups in total. The van der Waals surface area contributed by atoms with Gasteiger partial charge >= 0.3 is 5.69 Å². The van der Waals surface area contributed by atoms with Crippen LogP contribution in [-0.4, -0.2) is 44.9 Å². The fraction of sp³-hybridized carbons (Fsp3) is 0.421. The Morgan fingerprint density at radius 1 is 1.21 bits per heavy atom. The van der Waals surface area contributed by atoms with Crippen molar-refractivity contribution in [2.24, 2.45) is 5.73 Å². The van der Waals surface area contributed by atoms with Gasteiger partial charge in [-0.25, -0.2) is 9.78 Å². The van der Waals surface area contributed by atoms with E-state index in [-0.39, 0.29) is 11.5 Å². The van der Waals surface area contributed by atoms with E-state index >= 15 is 0 Å². The van der Waals surface area contributed by atoms with Crippen LogP contribution in [0.3, 0.4) is 0 Å². The molecule has 1 aromatic rings. The first-order chi connectivity index (χ1) is 13.4. The second-order valence-electron chi connectivity index (χ2n) is 6.92. The molecule has 28 heavy (non-hydrogen) atoms. The summed E-state index contributed by atoms with van der Waals surface area (Å²) in [6, 6.07) is 3.49. The Hall–Kier alpha value is -2.91. The Morgan fingerprint density at radius 2 is 1.96 bits per heavy atom. The lowest BCUT2D eigenvalue weighted by molar-refractivity contribution is -0.109.